The molecule has 0 saturated carbocycles. The second-order valence-electron chi connectivity index (χ2n) is 6.41. The molecule has 4 rings (SSSR count). The first kappa shape index (κ1) is 15.0. The van der Waals surface area contributed by atoms with Crippen LogP contribution in [-0.4, -0.2) is 12.6 Å². The molecule has 1 aliphatic carbocycles. The van der Waals surface area contributed by atoms with E-state index in [0.29, 0.717) is 30.0 Å². The van der Waals surface area contributed by atoms with Crippen molar-refractivity contribution in [1.29, 1.82) is 0 Å². The fourth-order valence-electron chi connectivity index (χ4n) is 3.93. The van der Waals surface area contributed by atoms with Crippen LogP contribution in [-0.2, 0) is 4.74 Å². The molecule has 1 heterocycles. The quantitative estimate of drug-likeness (QED) is 0.659. The zero-order valence-electron chi connectivity index (χ0n) is 13.7. The Bertz CT molecular complexity index is 782. The molecule has 3 heteroatoms. The van der Waals surface area contributed by atoms with Crippen molar-refractivity contribution in [2.24, 2.45) is 5.92 Å². The maximum absolute atomic E-state index is 12.0. The predicted octanol–water partition coefficient (Wildman–Crippen LogP) is 4.69. The zero-order valence-corrected chi connectivity index (χ0v) is 13.7. The zero-order chi connectivity index (χ0) is 16.5. The number of allylic oxidation sites excluding steroid dienone is 2. The predicted molar refractivity (Wildman–Crippen MR) is 95.2 cm³/mol. The first-order chi connectivity index (χ1) is 11.8. The van der Waals surface area contributed by atoms with Gasteiger partial charge in [-0.2, -0.15) is 0 Å². The Morgan fingerprint density at radius 2 is 2.04 bits per heavy atom. The molecule has 0 aromatic heterocycles. The lowest BCUT2D eigenvalue weighted by molar-refractivity contribution is 0.0526. The van der Waals surface area contributed by atoms with Crippen LogP contribution >= 0.6 is 0 Å². The van der Waals surface area contributed by atoms with E-state index in [2.05, 4.69) is 47.8 Å². The summed E-state index contributed by atoms with van der Waals surface area (Å²) in [7, 11) is 0. The summed E-state index contributed by atoms with van der Waals surface area (Å²) in [5, 5.41) is 3.69. The third-order valence-corrected chi connectivity index (χ3v) is 5.03. The van der Waals surface area contributed by atoms with Crippen LogP contribution in [0.3, 0.4) is 0 Å². The molecule has 2 aromatic carbocycles. The van der Waals surface area contributed by atoms with E-state index in [-0.39, 0.29) is 5.97 Å². The highest BCUT2D eigenvalue weighted by atomic mass is 16.5. The highest BCUT2D eigenvalue weighted by Gasteiger charge is 2.38. The van der Waals surface area contributed by atoms with Gasteiger partial charge in [0, 0.05) is 11.6 Å². The summed E-state index contributed by atoms with van der Waals surface area (Å²) in [5.74, 6) is 0.585. The van der Waals surface area contributed by atoms with Gasteiger partial charge in [0.25, 0.3) is 0 Å². The van der Waals surface area contributed by atoms with Crippen LogP contribution in [0.2, 0.25) is 0 Å². The maximum atomic E-state index is 12.0. The van der Waals surface area contributed by atoms with Crippen molar-refractivity contribution in [3.05, 3.63) is 77.4 Å². The largest absolute Gasteiger partial charge is 0.462 e. The van der Waals surface area contributed by atoms with Gasteiger partial charge in [0.2, 0.25) is 0 Å². The minimum atomic E-state index is -0.246. The SMILES string of the molecule is CCOC(=O)c1ccc2c(c1)C1C=CCC1C(c1ccccc1)N2. The Kier molecular flexibility index (Phi) is 3.85. The molecule has 0 amide bonds. The van der Waals surface area contributed by atoms with Crippen LogP contribution < -0.4 is 5.32 Å². The first-order valence-corrected chi connectivity index (χ1v) is 8.57. The van der Waals surface area contributed by atoms with Crippen LogP contribution in [0.1, 0.15) is 46.8 Å². The number of benzene rings is 2. The molecule has 0 saturated heterocycles. The molecule has 3 unspecified atom stereocenters. The van der Waals surface area contributed by atoms with Gasteiger partial charge in [-0.05, 0) is 48.6 Å². The van der Waals surface area contributed by atoms with Gasteiger partial charge in [-0.1, -0.05) is 42.5 Å². The van der Waals surface area contributed by atoms with Crippen molar-refractivity contribution in [3.63, 3.8) is 0 Å². The molecule has 24 heavy (non-hydrogen) atoms. The van der Waals surface area contributed by atoms with Crippen LogP contribution in [0.15, 0.2) is 60.7 Å². The van der Waals surface area contributed by atoms with E-state index in [1.165, 1.54) is 11.1 Å². The van der Waals surface area contributed by atoms with Gasteiger partial charge in [0.05, 0.1) is 18.2 Å². The number of esters is 1. The Balaban J connectivity index is 1.72. The number of nitrogens with one attached hydrogen (secondary N) is 1. The molecule has 0 bridgehead atoms. The fourth-order valence-corrected chi connectivity index (χ4v) is 3.93. The molecular formula is C21H21NO2. The van der Waals surface area contributed by atoms with Gasteiger partial charge in [0.15, 0.2) is 0 Å². The minimum Gasteiger partial charge on any atom is -0.462 e. The highest BCUT2D eigenvalue weighted by Crippen LogP contribution is 2.49. The lowest BCUT2D eigenvalue weighted by atomic mass is 9.76. The summed E-state index contributed by atoms with van der Waals surface area (Å²) in [5.41, 5.74) is 4.27. The standard InChI is InChI=1S/C21H21NO2/c1-2-24-21(23)15-11-12-19-18(13-15)16-9-6-10-17(16)20(22-19)14-7-4-3-5-8-14/h3-9,11-13,16-17,20,22H,2,10H2,1H3. The summed E-state index contributed by atoms with van der Waals surface area (Å²) in [6.45, 7) is 2.23. The van der Waals surface area contributed by atoms with Crippen molar-refractivity contribution in [3.8, 4) is 0 Å². The smallest absolute Gasteiger partial charge is 0.338 e. The number of hydrogen-bond acceptors (Lipinski definition) is 3. The first-order valence-electron chi connectivity index (χ1n) is 8.57. The Hall–Kier alpha value is -2.55. The summed E-state index contributed by atoms with van der Waals surface area (Å²) < 4.78 is 5.14. The topological polar surface area (TPSA) is 38.3 Å². The van der Waals surface area contributed by atoms with E-state index >= 15 is 0 Å². The number of ether oxygens (including phenoxy) is 1. The van der Waals surface area contributed by atoms with Gasteiger partial charge < -0.3 is 10.1 Å². The molecule has 0 spiro atoms. The molecular weight excluding hydrogens is 298 g/mol. The van der Waals surface area contributed by atoms with E-state index < -0.39 is 0 Å². The summed E-state index contributed by atoms with van der Waals surface area (Å²) >= 11 is 0. The second-order valence-corrected chi connectivity index (χ2v) is 6.41. The summed E-state index contributed by atoms with van der Waals surface area (Å²) in [4.78, 5) is 12.0. The number of carbonyl (C=O) groups excluding carboxylic acids is 1. The lowest BCUT2D eigenvalue weighted by Gasteiger charge is -2.37. The van der Waals surface area contributed by atoms with E-state index in [1.807, 2.05) is 25.1 Å². The van der Waals surface area contributed by atoms with E-state index in [0.717, 1.165) is 12.1 Å². The van der Waals surface area contributed by atoms with E-state index in [1.54, 1.807) is 0 Å². The van der Waals surface area contributed by atoms with Gasteiger partial charge in [-0.15, -0.1) is 0 Å². The molecule has 122 valence electrons. The highest BCUT2D eigenvalue weighted by molar-refractivity contribution is 5.90. The van der Waals surface area contributed by atoms with Crippen LogP contribution in [0.25, 0.3) is 0 Å². The third-order valence-electron chi connectivity index (χ3n) is 5.03. The number of hydrogen-bond donors (Lipinski definition) is 1. The third kappa shape index (κ3) is 2.50. The molecule has 2 aromatic rings. The fraction of sp³-hybridized carbons (Fsp3) is 0.286. The van der Waals surface area contributed by atoms with Gasteiger partial charge in [-0.3, -0.25) is 0 Å². The molecule has 1 N–H and O–H groups in total. The molecule has 3 atom stereocenters. The molecule has 0 fully saturated rings. The van der Waals surface area contributed by atoms with Crippen LogP contribution in [0, 0.1) is 5.92 Å². The molecule has 0 radical (unpaired) electrons. The van der Waals surface area contributed by atoms with E-state index in [9.17, 15) is 4.79 Å². The van der Waals surface area contributed by atoms with Crippen molar-refractivity contribution in [2.75, 3.05) is 11.9 Å². The van der Waals surface area contributed by atoms with E-state index in [4.69, 9.17) is 4.74 Å². The summed E-state index contributed by atoms with van der Waals surface area (Å²) in [6, 6.07) is 16.8. The average Bonchev–Trinajstić information content (AvgIpc) is 3.11. The van der Waals surface area contributed by atoms with Crippen molar-refractivity contribution in [2.45, 2.75) is 25.3 Å². The monoisotopic (exact) mass is 319 g/mol. The Morgan fingerprint density at radius 3 is 2.83 bits per heavy atom. The number of anilines is 1. The van der Waals surface area contributed by atoms with Gasteiger partial charge in [0.1, 0.15) is 0 Å². The maximum Gasteiger partial charge on any atom is 0.338 e. The van der Waals surface area contributed by atoms with Crippen molar-refractivity contribution in [1.82, 2.24) is 0 Å². The van der Waals surface area contributed by atoms with Gasteiger partial charge in [-0.25, -0.2) is 4.79 Å². The minimum absolute atomic E-state index is 0.246. The number of carbonyl (C=O) groups is 1. The van der Waals surface area contributed by atoms with Crippen LogP contribution in [0.4, 0.5) is 5.69 Å². The lowest BCUT2D eigenvalue weighted by Crippen LogP contribution is -2.29. The Labute approximate surface area is 142 Å². The van der Waals surface area contributed by atoms with Crippen molar-refractivity contribution >= 4 is 11.7 Å². The van der Waals surface area contributed by atoms with Crippen molar-refractivity contribution < 1.29 is 9.53 Å². The average molecular weight is 319 g/mol. The van der Waals surface area contributed by atoms with Crippen LogP contribution in [0.5, 0.6) is 0 Å². The number of fused-ring (bicyclic) bond motifs is 3. The summed E-state index contributed by atoms with van der Waals surface area (Å²) in [6.07, 6.45) is 5.61. The normalized spacial score (nSPS) is 24.0. The second kappa shape index (κ2) is 6.16. The molecule has 3 nitrogen and oxygen atoms in total. The van der Waals surface area contributed by atoms with Gasteiger partial charge >= 0.3 is 5.97 Å². The number of rotatable bonds is 3. The Morgan fingerprint density at radius 1 is 1.21 bits per heavy atom. The molecule has 2 aliphatic rings. The molecule has 1 aliphatic heterocycles.